The molecule has 3 rings (SSSR count). The second-order valence-electron chi connectivity index (χ2n) is 4.84. The number of methoxy groups -OCH3 is 1. The molecule has 2 heterocycles. The molecule has 0 bridgehead atoms. The van der Waals surface area contributed by atoms with Gasteiger partial charge in [0, 0.05) is 24.3 Å². The van der Waals surface area contributed by atoms with Crippen LogP contribution in [-0.4, -0.2) is 26.2 Å². The van der Waals surface area contributed by atoms with Crippen LogP contribution in [0.4, 0.5) is 5.69 Å². The highest BCUT2D eigenvalue weighted by atomic mass is 16.5. The second kappa shape index (κ2) is 3.67. The molecule has 2 unspecified atom stereocenters. The van der Waals surface area contributed by atoms with Crippen molar-refractivity contribution >= 4 is 5.69 Å². The number of fused-ring (bicyclic) bond motifs is 3. The minimum Gasteiger partial charge on any atom is -0.497 e. The Morgan fingerprint density at radius 1 is 1.50 bits per heavy atom. The zero-order valence-corrected chi connectivity index (χ0v) is 9.65. The molecule has 0 spiro atoms. The molecule has 1 aromatic rings. The van der Waals surface area contributed by atoms with Gasteiger partial charge in [-0.15, -0.1) is 0 Å². The van der Waals surface area contributed by atoms with Gasteiger partial charge in [-0.2, -0.15) is 0 Å². The van der Waals surface area contributed by atoms with Gasteiger partial charge in [0.2, 0.25) is 0 Å². The predicted molar refractivity (Wildman–Crippen MR) is 65.0 cm³/mol. The normalized spacial score (nSPS) is 26.8. The standard InChI is InChI=1S/C13H18N2O/c1-16-12-3-2-10-5-11-4-9(7-14)8-15(11)13(10)6-12/h2-3,6,9,11H,4-5,7-8,14H2,1H3. The maximum atomic E-state index is 5.76. The molecule has 0 saturated carbocycles. The molecule has 0 radical (unpaired) electrons. The van der Waals surface area contributed by atoms with E-state index in [1.807, 2.05) is 0 Å². The molecule has 3 heteroatoms. The number of benzene rings is 1. The number of ether oxygens (including phenoxy) is 1. The lowest BCUT2D eigenvalue weighted by Crippen LogP contribution is -2.25. The van der Waals surface area contributed by atoms with Gasteiger partial charge in [0.1, 0.15) is 5.75 Å². The van der Waals surface area contributed by atoms with Crippen molar-refractivity contribution in [3.63, 3.8) is 0 Å². The van der Waals surface area contributed by atoms with Crippen molar-refractivity contribution in [1.29, 1.82) is 0 Å². The lowest BCUT2D eigenvalue weighted by atomic mass is 10.0. The summed E-state index contributed by atoms with van der Waals surface area (Å²) in [5.74, 6) is 1.62. The molecule has 16 heavy (non-hydrogen) atoms. The van der Waals surface area contributed by atoms with E-state index >= 15 is 0 Å². The molecular weight excluding hydrogens is 200 g/mol. The first-order valence-electron chi connectivity index (χ1n) is 5.95. The SMILES string of the molecule is COc1ccc2c(c1)N1CC(CN)CC1C2. The Kier molecular flexibility index (Phi) is 2.28. The number of rotatable bonds is 2. The van der Waals surface area contributed by atoms with Gasteiger partial charge in [-0.25, -0.2) is 0 Å². The highest BCUT2D eigenvalue weighted by Gasteiger charge is 2.37. The Morgan fingerprint density at radius 3 is 3.12 bits per heavy atom. The van der Waals surface area contributed by atoms with Crippen LogP contribution in [0.5, 0.6) is 5.75 Å². The molecule has 0 aliphatic carbocycles. The Morgan fingerprint density at radius 2 is 2.38 bits per heavy atom. The number of nitrogens with zero attached hydrogens (tertiary/aromatic N) is 1. The largest absolute Gasteiger partial charge is 0.497 e. The van der Waals surface area contributed by atoms with Crippen LogP contribution in [0.2, 0.25) is 0 Å². The number of nitrogens with two attached hydrogens (primary N) is 1. The van der Waals surface area contributed by atoms with Crippen molar-refractivity contribution in [3.05, 3.63) is 23.8 Å². The summed E-state index contributed by atoms with van der Waals surface area (Å²) >= 11 is 0. The summed E-state index contributed by atoms with van der Waals surface area (Å²) in [6, 6.07) is 7.09. The summed E-state index contributed by atoms with van der Waals surface area (Å²) in [5.41, 5.74) is 8.58. The van der Waals surface area contributed by atoms with Gasteiger partial charge >= 0.3 is 0 Å². The fourth-order valence-electron chi connectivity index (χ4n) is 3.04. The molecule has 3 nitrogen and oxygen atoms in total. The zero-order chi connectivity index (χ0) is 11.1. The van der Waals surface area contributed by atoms with Crippen LogP contribution in [-0.2, 0) is 6.42 Å². The van der Waals surface area contributed by atoms with E-state index in [2.05, 4.69) is 23.1 Å². The van der Waals surface area contributed by atoms with Crippen molar-refractivity contribution in [2.75, 3.05) is 25.1 Å². The van der Waals surface area contributed by atoms with E-state index in [0.717, 1.165) is 18.8 Å². The molecule has 86 valence electrons. The third-order valence-corrected chi connectivity index (χ3v) is 3.89. The van der Waals surface area contributed by atoms with Gasteiger partial charge in [0.05, 0.1) is 7.11 Å². The Balaban J connectivity index is 1.92. The summed E-state index contributed by atoms with van der Waals surface area (Å²) < 4.78 is 5.29. The second-order valence-corrected chi connectivity index (χ2v) is 4.84. The van der Waals surface area contributed by atoms with Gasteiger partial charge in [0.15, 0.2) is 0 Å². The topological polar surface area (TPSA) is 38.5 Å². The van der Waals surface area contributed by atoms with Crippen molar-refractivity contribution in [1.82, 2.24) is 0 Å². The molecule has 2 aliphatic rings. The summed E-state index contributed by atoms with van der Waals surface area (Å²) in [6.07, 6.45) is 2.42. The average molecular weight is 218 g/mol. The Hall–Kier alpha value is -1.22. The quantitative estimate of drug-likeness (QED) is 0.815. The fraction of sp³-hybridized carbons (Fsp3) is 0.538. The van der Waals surface area contributed by atoms with Crippen molar-refractivity contribution in [2.45, 2.75) is 18.9 Å². The van der Waals surface area contributed by atoms with Crippen molar-refractivity contribution in [2.24, 2.45) is 11.7 Å². The maximum absolute atomic E-state index is 5.76. The Bertz CT molecular complexity index is 405. The number of hydrogen-bond donors (Lipinski definition) is 1. The minimum atomic E-state index is 0.671. The highest BCUT2D eigenvalue weighted by Crippen LogP contribution is 2.41. The smallest absolute Gasteiger partial charge is 0.120 e. The van der Waals surface area contributed by atoms with Crippen LogP contribution < -0.4 is 15.4 Å². The average Bonchev–Trinajstić information content (AvgIpc) is 2.85. The van der Waals surface area contributed by atoms with E-state index in [1.54, 1.807) is 7.11 Å². The molecule has 0 aromatic heterocycles. The molecule has 1 saturated heterocycles. The first kappa shape index (κ1) is 9.97. The number of hydrogen-bond acceptors (Lipinski definition) is 3. The van der Waals surface area contributed by atoms with E-state index in [-0.39, 0.29) is 0 Å². The van der Waals surface area contributed by atoms with Crippen molar-refractivity contribution < 1.29 is 4.74 Å². The van der Waals surface area contributed by atoms with Crippen LogP contribution in [0.15, 0.2) is 18.2 Å². The lowest BCUT2D eigenvalue weighted by molar-refractivity contribution is 0.415. The molecule has 0 amide bonds. The van der Waals surface area contributed by atoms with Crippen LogP contribution in [0.1, 0.15) is 12.0 Å². The van der Waals surface area contributed by atoms with Gasteiger partial charge in [-0.3, -0.25) is 0 Å². The maximum Gasteiger partial charge on any atom is 0.120 e. The summed E-state index contributed by atoms with van der Waals surface area (Å²) in [5, 5.41) is 0. The summed E-state index contributed by atoms with van der Waals surface area (Å²) in [4.78, 5) is 2.51. The third-order valence-electron chi connectivity index (χ3n) is 3.89. The van der Waals surface area contributed by atoms with E-state index in [0.29, 0.717) is 12.0 Å². The zero-order valence-electron chi connectivity index (χ0n) is 9.65. The van der Waals surface area contributed by atoms with Crippen LogP contribution in [0, 0.1) is 5.92 Å². The first-order chi connectivity index (χ1) is 7.81. The molecule has 2 N–H and O–H groups in total. The van der Waals surface area contributed by atoms with Gasteiger partial charge in [0.25, 0.3) is 0 Å². The van der Waals surface area contributed by atoms with Crippen LogP contribution >= 0.6 is 0 Å². The summed E-state index contributed by atoms with van der Waals surface area (Å²) in [7, 11) is 1.72. The minimum absolute atomic E-state index is 0.671. The molecule has 1 fully saturated rings. The van der Waals surface area contributed by atoms with Gasteiger partial charge in [-0.1, -0.05) is 6.07 Å². The van der Waals surface area contributed by atoms with Crippen molar-refractivity contribution in [3.8, 4) is 5.75 Å². The highest BCUT2D eigenvalue weighted by molar-refractivity contribution is 5.63. The molecule has 2 atom stereocenters. The fourth-order valence-corrected chi connectivity index (χ4v) is 3.04. The molecular formula is C13H18N2O. The lowest BCUT2D eigenvalue weighted by Gasteiger charge is -2.19. The van der Waals surface area contributed by atoms with E-state index in [4.69, 9.17) is 10.5 Å². The predicted octanol–water partition coefficient (Wildman–Crippen LogP) is 1.40. The third kappa shape index (κ3) is 1.39. The first-order valence-corrected chi connectivity index (χ1v) is 5.95. The van der Waals surface area contributed by atoms with Gasteiger partial charge < -0.3 is 15.4 Å². The van der Waals surface area contributed by atoms with E-state index < -0.39 is 0 Å². The summed E-state index contributed by atoms with van der Waals surface area (Å²) in [6.45, 7) is 1.92. The molecule has 1 aromatic carbocycles. The van der Waals surface area contributed by atoms with Gasteiger partial charge in [-0.05, 0) is 36.9 Å². The van der Waals surface area contributed by atoms with Crippen LogP contribution in [0.25, 0.3) is 0 Å². The van der Waals surface area contributed by atoms with Crippen LogP contribution in [0.3, 0.4) is 0 Å². The van der Waals surface area contributed by atoms with E-state index in [1.165, 1.54) is 24.1 Å². The van der Waals surface area contributed by atoms with E-state index in [9.17, 15) is 0 Å². The monoisotopic (exact) mass is 218 g/mol. The molecule has 2 aliphatic heterocycles. The number of anilines is 1. The Labute approximate surface area is 96.2 Å².